The Kier molecular flexibility index (Phi) is 8.77. The van der Waals surface area contributed by atoms with Crippen LogP contribution in [0.25, 0.3) is 0 Å². The predicted octanol–water partition coefficient (Wildman–Crippen LogP) is 5.19. The molecule has 0 bridgehead atoms. The molecule has 1 aliphatic carbocycles. The maximum atomic E-state index is 4.84. The zero-order chi connectivity index (χ0) is 15.8. The summed E-state index contributed by atoms with van der Waals surface area (Å²) in [5.74, 6) is 4.10. The molecule has 2 nitrogen and oxygen atoms in total. The highest BCUT2D eigenvalue weighted by Crippen LogP contribution is 2.36. The normalized spacial score (nSPS) is 27.4. The van der Waals surface area contributed by atoms with E-state index in [1.807, 2.05) is 11.8 Å². The third kappa shape index (κ3) is 6.22. The maximum absolute atomic E-state index is 4.84. The fourth-order valence-corrected chi connectivity index (χ4v) is 4.09. The molecule has 0 spiro atoms. The molecule has 1 rings (SSSR count). The number of hydrogen-bond acceptors (Lipinski definition) is 2. The zero-order valence-electron chi connectivity index (χ0n) is 15.0. The topological polar surface area (TPSA) is 24.4 Å². The molecule has 0 aromatic heterocycles. The van der Waals surface area contributed by atoms with Crippen molar-refractivity contribution in [1.82, 2.24) is 5.32 Å². The van der Waals surface area contributed by atoms with E-state index in [0.29, 0.717) is 12.0 Å². The van der Waals surface area contributed by atoms with Gasteiger partial charge in [-0.25, -0.2) is 0 Å². The Morgan fingerprint density at radius 2 is 1.90 bits per heavy atom. The van der Waals surface area contributed by atoms with Crippen molar-refractivity contribution in [3.05, 3.63) is 0 Å². The van der Waals surface area contributed by atoms with Crippen LogP contribution in [-0.4, -0.2) is 23.5 Å². The molecule has 21 heavy (non-hydrogen) atoms. The van der Waals surface area contributed by atoms with Crippen LogP contribution in [0.2, 0.25) is 0 Å². The van der Waals surface area contributed by atoms with Crippen LogP contribution in [0.5, 0.6) is 0 Å². The minimum atomic E-state index is 0.619. The quantitative estimate of drug-likeness (QED) is 0.539. The monoisotopic (exact) mass is 312 g/mol. The fourth-order valence-electron chi connectivity index (χ4n) is 3.43. The summed E-state index contributed by atoms with van der Waals surface area (Å²) in [4.78, 5) is 4.84. The minimum Gasteiger partial charge on any atom is -0.362 e. The Hall–Kier alpha value is -0.180. The molecule has 1 saturated carbocycles. The first kappa shape index (κ1) is 18.9. The lowest BCUT2D eigenvalue weighted by atomic mass is 9.71. The van der Waals surface area contributed by atoms with Crippen molar-refractivity contribution in [1.29, 1.82) is 0 Å². The molecule has 3 heteroatoms. The van der Waals surface area contributed by atoms with Gasteiger partial charge in [-0.15, -0.1) is 0 Å². The zero-order valence-corrected chi connectivity index (χ0v) is 15.8. The highest BCUT2D eigenvalue weighted by molar-refractivity contribution is 8.13. The standard InChI is InChI=1S/C18H36N2S/c1-7-15-10-9-11-16(14(5)6)17(15)20-18(21-8-2)19-12-13(3)4/h13-17H,7-12H2,1-6H3,(H,19,20). The average molecular weight is 313 g/mol. The van der Waals surface area contributed by atoms with Crippen molar-refractivity contribution in [2.24, 2.45) is 28.7 Å². The fraction of sp³-hybridized carbons (Fsp3) is 0.944. The molecule has 1 N–H and O–H groups in total. The number of rotatable bonds is 6. The van der Waals surface area contributed by atoms with E-state index in [-0.39, 0.29) is 0 Å². The van der Waals surface area contributed by atoms with Gasteiger partial charge in [-0.1, -0.05) is 66.1 Å². The van der Waals surface area contributed by atoms with E-state index >= 15 is 0 Å². The van der Waals surface area contributed by atoms with Gasteiger partial charge in [-0.2, -0.15) is 0 Å². The van der Waals surface area contributed by atoms with Crippen LogP contribution in [0.1, 0.15) is 67.2 Å². The van der Waals surface area contributed by atoms with Crippen molar-refractivity contribution < 1.29 is 0 Å². The van der Waals surface area contributed by atoms with Crippen LogP contribution >= 0.6 is 11.8 Å². The van der Waals surface area contributed by atoms with Crippen molar-refractivity contribution in [3.63, 3.8) is 0 Å². The number of nitrogens with one attached hydrogen (secondary N) is 1. The lowest BCUT2D eigenvalue weighted by Gasteiger charge is -2.41. The van der Waals surface area contributed by atoms with Gasteiger partial charge >= 0.3 is 0 Å². The summed E-state index contributed by atoms with van der Waals surface area (Å²) in [5, 5.41) is 5.04. The summed E-state index contributed by atoms with van der Waals surface area (Å²) in [7, 11) is 0. The van der Waals surface area contributed by atoms with Crippen LogP contribution in [0.4, 0.5) is 0 Å². The summed E-state index contributed by atoms with van der Waals surface area (Å²) in [6.07, 6.45) is 5.44. The Balaban J connectivity index is 2.81. The molecule has 0 saturated heterocycles. The average Bonchev–Trinajstić information content (AvgIpc) is 2.44. The lowest BCUT2D eigenvalue weighted by molar-refractivity contribution is 0.157. The molecule has 0 aromatic rings. The van der Waals surface area contributed by atoms with Gasteiger partial charge in [0.15, 0.2) is 5.17 Å². The smallest absolute Gasteiger partial charge is 0.156 e. The summed E-state index contributed by atoms with van der Waals surface area (Å²) in [6.45, 7) is 14.7. The molecule has 1 fully saturated rings. The third-order valence-corrected chi connectivity index (χ3v) is 5.44. The van der Waals surface area contributed by atoms with Gasteiger partial charge in [0.2, 0.25) is 0 Å². The number of hydrogen-bond donors (Lipinski definition) is 1. The first-order valence-electron chi connectivity index (χ1n) is 8.93. The van der Waals surface area contributed by atoms with Gasteiger partial charge in [0.1, 0.15) is 0 Å². The van der Waals surface area contributed by atoms with Crippen LogP contribution in [0, 0.1) is 23.7 Å². The molecule has 0 aliphatic heterocycles. The van der Waals surface area contributed by atoms with E-state index < -0.39 is 0 Å². The first-order valence-corrected chi connectivity index (χ1v) is 9.91. The van der Waals surface area contributed by atoms with Gasteiger partial charge in [-0.3, -0.25) is 4.99 Å². The van der Waals surface area contributed by atoms with Crippen LogP contribution < -0.4 is 5.32 Å². The molecule has 3 unspecified atom stereocenters. The van der Waals surface area contributed by atoms with Crippen LogP contribution in [0.15, 0.2) is 4.99 Å². The maximum Gasteiger partial charge on any atom is 0.156 e. The minimum absolute atomic E-state index is 0.619. The highest BCUT2D eigenvalue weighted by atomic mass is 32.2. The molecule has 0 heterocycles. The Bertz CT molecular complexity index is 312. The van der Waals surface area contributed by atoms with Gasteiger partial charge in [-0.05, 0) is 42.3 Å². The molecule has 0 aromatic carbocycles. The second kappa shape index (κ2) is 9.76. The molecule has 3 atom stereocenters. The number of nitrogens with zero attached hydrogens (tertiary/aromatic N) is 1. The second-order valence-electron chi connectivity index (χ2n) is 7.15. The molecular formula is C18H36N2S. The number of amidine groups is 1. The van der Waals surface area contributed by atoms with Gasteiger partial charge < -0.3 is 5.32 Å². The van der Waals surface area contributed by atoms with Crippen molar-refractivity contribution in [2.45, 2.75) is 73.3 Å². The highest BCUT2D eigenvalue weighted by Gasteiger charge is 2.34. The Labute approximate surface area is 137 Å². The summed E-state index contributed by atoms with van der Waals surface area (Å²) in [5.41, 5.74) is 0. The third-order valence-electron chi connectivity index (χ3n) is 4.63. The van der Waals surface area contributed by atoms with E-state index in [4.69, 9.17) is 4.99 Å². The molecule has 124 valence electrons. The number of thioether (sulfide) groups is 1. The number of aliphatic imine (C=N–C) groups is 1. The van der Waals surface area contributed by atoms with Crippen molar-refractivity contribution >= 4 is 16.9 Å². The van der Waals surface area contributed by atoms with Gasteiger partial charge in [0.25, 0.3) is 0 Å². The Morgan fingerprint density at radius 3 is 2.43 bits per heavy atom. The summed E-state index contributed by atoms with van der Waals surface area (Å²) < 4.78 is 0. The van der Waals surface area contributed by atoms with Crippen LogP contribution in [-0.2, 0) is 0 Å². The molecular weight excluding hydrogens is 276 g/mol. The van der Waals surface area contributed by atoms with Crippen LogP contribution in [0.3, 0.4) is 0 Å². The Morgan fingerprint density at radius 1 is 1.19 bits per heavy atom. The van der Waals surface area contributed by atoms with Crippen molar-refractivity contribution in [2.75, 3.05) is 12.3 Å². The first-order chi connectivity index (χ1) is 9.99. The molecule has 1 aliphatic rings. The van der Waals surface area contributed by atoms with E-state index in [1.54, 1.807) is 0 Å². The van der Waals surface area contributed by atoms with Gasteiger partial charge in [0.05, 0.1) is 0 Å². The molecule has 0 radical (unpaired) electrons. The summed E-state index contributed by atoms with van der Waals surface area (Å²) in [6, 6.07) is 0.619. The summed E-state index contributed by atoms with van der Waals surface area (Å²) >= 11 is 1.88. The van der Waals surface area contributed by atoms with E-state index in [2.05, 4.69) is 46.9 Å². The van der Waals surface area contributed by atoms with E-state index in [9.17, 15) is 0 Å². The molecule has 0 amide bonds. The largest absolute Gasteiger partial charge is 0.362 e. The second-order valence-corrected chi connectivity index (χ2v) is 8.40. The van der Waals surface area contributed by atoms with E-state index in [1.165, 1.54) is 30.9 Å². The van der Waals surface area contributed by atoms with Crippen molar-refractivity contribution in [3.8, 4) is 0 Å². The van der Waals surface area contributed by atoms with Gasteiger partial charge in [0, 0.05) is 12.6 Å². The lowest BCUT2D eigenvalue weighted by Crippen LogP contribution is -2.48. The SMILES string of the molecule is CCSC(=NCC(C)C)NC1C(CC)CCCC1C(C)C. The predicted molar refractivity (Wildman–Crippen MR) is 98.2 cm³/mol. The van der Waals surface area contributed by atoms with E-state index in [0.717, 1.165) is 30.1 Å².